The van der Waals surface area contributed by atoms with E-state index in [0.717, 1.165) is 25.7 Å². The van der Waals surface area contributed by atoms with Crippen molar-refractivity contribution in [3.05, 3.63) is 0 Å². The molecule has 0 aliphatic carbocycles. The van der Waals surface area contributed by atoms with E-state index in [1.54, 1.807) is 0 Å². The number of nitrogens with one attached hydrogen (secondary N) is 1. The second kappa shape index (κ2) is 6.21. The first-order chi connectivity index (χ1) is 11.6. The molecule has 138 valence electrons. The molecule has 5 aliphatic heterocycles. The predicted octanol–water partition coefficient (Wildman–Crippen LogP) is -0.0765. The van der Waals surface area contributed by atoms with Crippen molar-refractivity contribution in [1.29, 1.82) is 0 Å². The van der Waals surface area contributed by atoms with E-state index in [1.807, 2.05) is 4.90 Å². The zero-order valence-electron chi connectivity index (χ0n) is 14.1. The van der Waals surface area contributed by atoms with E-state index in [9.17, 15) is 14.4 Å². The van der Waals surface area contributed by atoms with Crippen LogP contribution >= 0.6 is 12.4 Å². The molecular weight excluding hydrogens is 346 g/mol. The van der Waals surface area contributed by atoms with Gasteiger partial charge in [-0.25, -0.2) is 0 Å². The molecule has 5 heterocycles. The monoisotopic (exact) mass is 369 g/mol. The molecule has 3 amide bonds. The number of likely N-dealkylation sites (tertiary alicyclic amines) is 2. The van der Waals surface area contributed by atoms with E-state index in [4.69, 9.17) is 4.74 Å². The zero-order valence-corrected chi connectivity index (χ0v) is 14.9. The number of halogens is 1. The van der Waals surface area contributed by atoms with Crippen LogP contribution in [0, 0.1) is 11.8 Å². The number of fused-ring (bicyclic) bond motifs is 7. The van der Waals surface area contributed by atoms with Gasteiger partial charge in [0, 0.05) is 25.2 Å². The molecule has 8 heteroatoms. The van der Waals surface area contributed by atoms with E-state index >= 15 is 0 Å². The molecule has 0 radical (unpaired) electrons. The Kier molecular flexibility index (Phi) is 4.29. The number of ether oxygens (including phenoxy) is 1. The summed E-state index contributed by atoms with van der Waals surface area (Å²) in [4.78, 5) is 41.0. The van der Waals surface area contributed by atoms with Gasteiger partial charge in [0.15, 0.2) is 0 Å². The van der Waals surface area contributed by atoms with E-state index < -0.39 is 0 Å². The summed E-state index contributed by atoms with van der Waals surface area (Å²) in [7, 11) is 0. The second-order valence-electron chi connectivity index (χ2n) is 7.87. The van der Waals surface area contributed by atoms with Gasteiger partial charge in [-0.3, -0.25) is 19.3 Å². The molecule has 6 unspecified atom stereocenters. The van der Waals surface area contributed by atoms with Crippen LogP contribution in [0.25, 0.3) is 0 Å². The van der Waals surface area contributed by atoms with Crippen molar-refractivity contribution in [2.24, 2.45) is 11.8 Å². The average Bonchev–Trinajstić information content (AvgIpc) is 3.28. The van der Waals surface area contributed by atoms with Gasteiger partial charge in [0.25, 0.3) is 0 Å². The first kappa shape index (κ1) is 17.2. The highest BCUT2D eigenvalue weighted by Gasteiger charge is 2.62. The number of hydrogen-bond donors (Lipinski definition) is 1. The Morgan fingerprint density at radius 1 is 1.00 bits per heavy atom. The lowest BCUT2D eigenvalue weighted by molar-refractivity contribution is -0.148. The molecule has 6 atom stereocenters. The lowest BCUT2D eigenvalue weighted by Gasteiger charge is -2.26. The number of imide groups is 1. The molecule has 25 heavy (non-hydrogen) atoms. The molecule has 0 aromatic rings. The number of hydrogen-bond acceptors (Lipinski definition) is 5. The fourth-order valence-corrected chi connectivity index (χ4v) is 5.33. The van der Waals surface area contributed by atoms with Crippen LogP contribution in [0.3, 0.4) is 0 Å². The van der Waals surface area contributed by atoms with Gasteiger partial charge < -0.3 is 15.0 Å². The maximum absolute atomic E-state index is 12.7. The Bertz CT molecular complexity index is 587. The minimum Gasteiger partial charge on any atom is -0.373 e. The third-order valence-corrected chi connectivity index (χ3v) is 6.54. The van der Waals surface area contributed by atoms with Crippen molar-refractivity contribution in [3.63, 3.8) is 0 Å². The maximum Gasteiger partial charge on any atom is 0.242 e. The van der Waals surface area contributed by atoms with Crippen molar-refractivity contribution < 1.29 is 19.1 Å². The molecule has 5 rings (SSSR count). The Morgan fingerprint density at radius 3 is 2.32 bits per heavy atom. The Labute approximate surface area is 152 Å². The van der Waals surface area contributed by atoms with Crippen LogP contribution < -0.4 is 5.32 Å². The molecule has 1 N–H and O–H groups in total. The van der Waals surface area contributed by atoms with Crippen LogP contribution in [0.4, 0.5) is 0 Å². The van der Waals surface area contributed by atoms with Gasteiger partial charge in [-0.05, 0) is 32.1 Å². The zero-order chi connectivity index (χ0) is 16.4. The predicted molar refractivity (Wildman–Crippen MR) is 90.0 cm³/mol. The molecule has 7 nitrogen and oxygen atoms in total. The lowest BCUT2D eigenvalue weighted by Crippen LogP contribution is -2.46. The smallest absolute Gasteiger partial charge is 0.242 e. The van der Waals surface area contributed by atoms with Crippen molar-refractivity contribution >= 4 is 30.1 Å². The first-order valence-electron chi connectivity index (χ1n) is 9.16. The van der Waals surface area contributed by atoms with Crippen LogP contribution in [-0.4, -0.2) is 71.4 Å². The van der Waals surface area contributed by atoms with E-state index in [-0.39, 0.29) is 60.7 Å². The third kappa shape index (κ3) is 2.59. The summed E-state index contributed by atoms with van der Waals surface area (Å²) in [5.74, 6) is -1.17. The molecule has 0 aromatic heterocycles. The summed E-state index contributed by atoms with van der Waals surface area (Å²) in [5, 5.41) is 3.54. The Morgan fingerprint density at radius 2 is 1.64 bits per heavy atom. The molecule has 5 aliphatic rings. The molecule has 5 saturated heterocycles. The summed E-state index contributed by atoms with van der Waals surface area (Å²) in [6.07, 6.45) is 4.71. The SMILES string of the molecule is Cl.O=C(CN1C(=O)C2C3CCC(O3)C2C1=O)N1CCC2CCC(C1)N2. The number of rotatable bonds is 2. The Balaban J connectivity index is 0.00000157. The first-order valence-corrected chi connectivity index (χ1v) is 9.16. The highest BCUT2D eigenvalue weighted by atomic mass is 35.5. The highest BCUT2D eigenvalue weighted by Crippen LogP contribution is 2.48. The summed E-state index contributed by atoms with van der Waals surface area (Å²) < 4.78 is 5.73. The summed E-state index contributed by atoms with van der Waals surface area (Å²) >= 11 is 0. The number of amides is 3. The molecule has 0 aromatic carbocycles. The molecule has 5 fully saturated rings. The average molecular weight is 370 g/mol. The maximum atomic E-state index is 12.7. The standard InChI is InChI=1S/C17H23N3O4.ClH/c21-13(19-6-5-9-1-2-10(7-19)18-9)8-20-16(22)14-11-3-4-12(24-11)15(14)17(20)23;/h9-12,14-15,18H,1-8H2;1H. The largest absolute Gasteiger partial charge is 0.373 e. The van der Waals surface area contributed by atoms with Crippen molar-refractivity contribution in [3.8, 4) is 0 Å². The van der Waals surface area contributed by atoms with Crippen molar-refractivity contribution in [2.45, 2.75) is 56.4 Å². The van der Waals surface area contributed by atoms with Crippen LogP contribution in [0.2, 0.25) is 0 Å². The van der Waals surface area contributed by atoms with E-state index in [1.165, 1.54) is 11.3 Å². The van der Waals surface area contributed by atoms with Crippen LogP contribution in [0.1, 0.15) is 32.1 Å². The van der Waals surface area contributed by atoms with Crippen LogP contribution in [-0.2, 0) is 19.1 Å². The van der Waals surface area contributed by atoms with Gasteiger partial charge in [-0.15, -0.1) is 12.4 Å². The number of carbonyl (C=O) groups excluding carboxylic acids is 3. The number of carbonyl (C=O) groups is 3. The fraction of sp³-hybridized carbons (Fsp3) is 0.824. The van der Waals surface area contributed by atoms with Gasteiger partial charge >= 0.3 is 0 Å². The minimum atomic E-state index is -0.342. The molecule has 0 saturated carbocycles. The van der Waals surface area contributed by atoms with E-state index in [2.05, 4.69) is 5.32 Å². The molecular formula is C17H24ClN3O4. The van der Waals surface area contributed by atoms with Crippen LogP contribution in [0.5, 0.6) is 0 Å². The quantitative estimate of drug-likeness (QED) is 0.689. The van der Waals surface area contributed by atoms with Gasteiger partial charge in [0.2, 0.25) is 17.7 Å². The fourth-order valence-electron chi connectivity index (χ4n) is 5.33. The Hall–Kier alpha value is -1.18. The topological polar surface area (TPSA) is 79.0 Å². The second-order valence-corrected chi connectivity index (χ2v) is 7.87. The van der Waals surface area contributed by atoms with Gasteiger partial charge in [-0.1, -0.05) is 0 Å². The van der Waals surface area contributed by atoms with Gasteiger partial charge in [0.05, 0.1) is 24.0 Å². The van der Waals surface area contributed by atoms with Crippen molar-refractivity contribution in [2.75, 3.05) is 19.6 Å². The third-order valence-electron chi connectivity index (χ3n) is 6.54. The highest BCUT2D eigenvalue weighted by molar-refractivity contribution is 6.08. The van der Waals surface area contributed by atoms with Gasteiger partial charge in [0.1, 0.15) is 6.54 Å². The normalized spacial score (nSPS) is 41.8. The lowest BCUT2D eigenvalue weighted by atomic mass is 9.81. The molecule has 4 bridgehead atoms. The summed E-state index contributed by atoms with van der Waals surface area (Å²) in [6, 6.07) is 0.866. The summed E-state index contributed by atoms with van der Waals surface area (Å²) in [5.41, 5.74) is 0. The van der Waals surface area contributed by atoms with Gasteiger partial charge in [-0.2, -0.15) is 0 Å². The van der Waals surface area contributed by atoms with E-state index in [0.29, 0.717) is 25.2 Å². The van der Waals surface area contributed by atoms with Crippen LogP contribution in [0.15, 0.2) is 0 Å². The molecule has 0 spiro atoms. The number of nitrogens with zero attached hydrogens (tertiary/aromatic N) is 2. The minimum absolute atomic E-state index is 0. The summed E-state index contributed by atoms with van der Waals surface area (Å²) in [6.45, 7) is 1.30. The van der Waals surface area contributed by atoms with Crippen molar-refractivity contribution in [1.82, 2.24) is 15.1 Å².